The molecule has 1 atom stereocenters. The first kappa shape index (κ1) is 44.3. The zero-order valence-electron chi connectivity index (χ0n) is 31.9. The summed E-state index contributed by atoms with van der Waals surface area (Å²) in [7, 11) is 9.17. The minimum absolute atomic E-state index is 0.0484. The molecule has 9 nitrogen and oxygen atoms in total. The second kappa shape index (κ2) is 23.6. The molecular weight excluding hydrogens is 610 g/mol. The van der Waals surface area contributed by atoms with Crippen LogP contribution in [0, 0.1) is 6.92 Å². The van der Waals surface area contributed by atoms with E-state index in [9.17, 15) is 4.79 Å². The summed E-state index contributed by atoms with van der Waals surface area (Å²) in [5.74, 6) is 1.99. The summed E-state index contributed by atoms with van der Waals surface area (Å²) in [4.78, 5) is 21.1. The summed E-state index contributed by atoms with van der Waals surface area (Å²) in [5.41, 5.74) is 10.5. The van der Waals surface area contributed by atoms with Crippen molar-refractivity contribution in [3.05, 3.63) is 102 Å². The Morgan fingerprint density at radius 2 is 1.61 bits per heavy atom. The molecule has 0 heterocycles. The van der Waals surface area contributed by atoms with Gasteiger partial charge in [-0.3, -0.25) is 9.98 Å². The Morgan fingerprint density at radius 1 is 1.02 bits per heavy atom. The third-order valence-corrected chi connectivity index (χ3v) is 6.70. The lowest BCUT2D eigenvalue weighted by molar-refractivity contribution is -0.108. The monoisotopic (exact) mass is 671 g/mol. The van der Waals surface area contributed by atoms with Gasteiger partial charge in [0, 0.05) is 41.5 Å². The molecule has 49 heavy (non-hydrogen) atoms. The molecule has 3 aromatic carbocycles. The summed E-state index contributed by atoms with van der Waals surface area (Å²) in [6.07, 6.45) is 8.52. The van der Waals surface area contributed by atoms with Crippen molar-refractivity contribution in [2.75, 3.05) is 45.9 Å². The number of rotatable bonds is 12. The maximum absolute atomic E-state index is 10.9. The van der Waals surface area contributed by atoms with Gasteiger partial charge in [0.15, 0.2) is 5.88 Å². The minimum Gasteiger partial charge on any atom is -0.440 e. The van der Waals surface area contributed by atoms with Crippen LogP contribution in [-0.2, 0) is 16.6 Å². The average Bonchev–Trinajstić information content (AvgIpc) is 3.08. The van der Waals surface area contributed by atoms with E-state index in [-0.39, 0.29) is 5.41 Å². The van der Waals surface area contributed by atoms with Crippen LogP contribution in [0.4, 0.5) is 11.4 Å². The SMILES string of the molecule is C=C.CC=C(Nc1cc(C(C)(C)C)cc(C)c1CC)Nc1ccc(O/C(=C/C=NC(C)C=O)NC=NC)c2ccccc12.CN.CN(C)C. The standard InChI is InChI=1S/C34H43N5O2.C3H9N.C2H4.CH5N/c1-9-26-23(3)19-25(34(5,6)7)20-30(26)39-32(10-2)38-29-15-16-31(28-14-12-11-13-27(28)29)41-33(37-22-35-8)17-18-36-24(4)21-40;1-4(2)3;2*1-2/h10-22,24,38-39H,9H2,1-8H3,(H,35,37);1-3H3;1-2H2;2H2,1H3/b32-10?,33-17+,36-18?;;;. The molecule has 0 fully saturated rings. The van der Waals surface area contributed by atoms with E-state index in [1.165, 1.54) is 30.1 Å². The molecule has 1 unspecified atom stereocenters. The fourth-order valence-electron chi connectivity index (χ4n) is 4.41. The quantitative estimate of drug-likeness (QED) is 0.0506. The summed E-state index contributed by atoms with van der Waals surface area (Å²) in [6.45, 7) is 20.8. The van der Waals surface area contributed by atoms with Crippen molar-refractivity contribution in [1.29, 1.82) is 0 Å². The molecule has 0 bridgehead atoms. The molecule has 268 valence electrons. The highest BCUT2D eigenvalue weighted by Gasteiger charge is 2.18. The van der Waals surface area contributed by atoms with E-state index in [2.05, 4.69) is 97.6 Å². The van der Waals surface area contributed by atoms with Crippen molar-refractivity contribution < 1.29 is 9.53 Å². The number of aldehydes is 1. The number of carbonyl (C=O) groups is 1. The topological polar surface area (TPSA) is 116 Å². The number of nitrogens with zero attached hydrogens (tertiary/aromatic N) is 3. The Morgan fingerprint density at radius 3 is 2.14 bits per heavy atom. The van der Waals surface area contributed by atoms with E-state index >= 15 is 0 Å². The van der Waals surface area contributed by atoms with Crippen molar-refractivity contribution >= 4 is 41.0 Å². The maximum atomic E-state index is 10.9. The normalized spacial score (nSPS) is 12.3. The Hall–Kier alpha value is -4.73. The Kier molecular flexibility index (Phi) is 21.3. The summed E-state index contributed by atoms with van der Waals surface area (Å²) < 4.78 is 6.24. The fraction of sp³-hybridized carbons (Fsp3) is 0.375. The third-order valence-electron chi connectivity index (χ3n) is 6.70. The molecule has 3 rings (SSSR count). The van der Waals surface area contributed by atoms with Gasteiger partial charge in [-0.15, -0.1) is 13.2 Å². The second-order valence-electron chi connectivity index (χ2n) is 12.2. The molecule has 5 N–H and O–H groups in total. The first-order valence-electron chi connectivity index (χ1n) is 16.4. The molecule has 0 saturated carbocycles. The van der Waals surface area contributed by atoms with Gasteiger partial charge in [-0.05, 0) is 102 Å². The Bertz CT molecular complexity index is 1550. The largest absolute Gasteiger partial charge is 0.440 e. The number of nitrogens with two attached hydrogens (primary N) is 1. The molecule has 0 saturated heterocycles. The van der Waals surface area contributed by atoms with Gasteiger partial charge in [-0.25, -0.2) is 0 Å². The van der Waals surface area contributed by atoms with E-state index < -0.39 is 6.04 Å². The van der Waals surface area contributed by atoms with Crippen molar-refractivity contribution in [2.45, 2.75) is 66.3 Å². The van der Waals surface area contributed by atoms with Gasteiger partial charge in [0.25, 0.3) is 0 Å². The van der Waals surface area contributed by atoms with Gasteiger partial charge in [-0.2, -0.15) is 0 Å². The lowest BCUT2D eigenvalue weighted by Gasteiger charge is -2.24. The first-order valence-corrected chi connectivity index (χ1v) is 16.4. The molecule has 0 aliphatic heterocycles. The molecular formula is C40H61N7O2. The molecule has 0 aliphatic rings. The number of benzene rings is 3. The number of hydrogen-bond acceptors (Lipinski definition) is 8. The smallest absolute Gasteiger partial charge is 0.200 e. The van der Waals surface area contributed by atoms with E-state index in [1.807, 2.05) is 69.4 Å². The van der Waals surface area contributed by atoms with Gasteiger partial charge in [0.2, 0.25) is 0 Å². The zero-order chi connectivity index (χ0) is 37.6. The first-order chi connectivity index (χ1) is 23.3. The van der Waals surface area contributed by atoms with Crippen LogP contribution in [-0.4, -0.2) is 65.0 Å². The van der Waals surface area contributed by atoms with Gasteiger partial charge in [-0.1, -0.05) is 58.0 Å². The molecule has 0 amide bonds. The van der Waals surface area contributed by atoms with Crippen LogP contribution in [0.2, 0.25) is 0 Å². The lowest BCUT2D eigenvalue weighted by Crippen LogP contribution is -2.17. The number of allylic oxidation sites excluding steroid dienone is 2. The number of carbonyl (C=O) groups excluding carboxylic acids is 1. The number of fused-ring (bicyclic) bond motifs is 1. The highest BCUT2D eigenvalue weighted by atomic mass is 16.5. The zero-order valence-corrected chi connectivity index (χ0v) is 31.9. The average molecular weight is 672 g/mol. The highest BCUT2D eigenvalue weighted by Crippen LogP contribution is 2.34. The summed E-state index contributed by atoms with van der Waals surface area (Å²) in [5, 5.41) is 12.2. The Labute approximate surface area is 296 Å². The molecule has 3 aromatic rings. The Balaban J connectivity index is 0.00000263. The molecule has 0 spiro atoms. The number of nitrogens with one attached hydrogen (secondary N) is 3. The number of aryl methyl sites for hydroxylation is 1. The second-order valence-corrected chi connectivity index (χ2v) is 12.2. The van der Waals surface area contributed by atoms with Crippen LogP contribution in [0.25, 0.3) is 10.8 Å². The van der Waals surface area contributed by atoms with Crippen LogP contribution in [0.1, 0.15) is 58.2 Å². The van der Waals surface area contributed by atoms with Gasteiger partial charge < -0.3 is 36.1 Å². The van der Waals surface area contributed by atoms with Crippen molar-refractivity contribution in [3.8, 4) is 5.75 Å². The van der Waals surface area contributed by atoms with Crippen molar-refractivity contribution in [1.82, 2.24) is 10.2 Å². The van der Waals surface area contributed by atoms with Gasteiger partial charge in [0.05, 0.1) is 6.34 Å². The number of ether oxygens (including phenoxy) is 1. The number of anilines is 2. The van der Waals surface area contributed by atoms with Crippen molar-refractivity contribution in [3.63, 3.8) is 0 Å². The van der Waals surface area contributed by atoms with Gasteiger partial charge >= 0.3 is 0 Å². The van der Waals surface area contributed by atoms with Crippen LogP contribution < -0.4 is 26.4 Å². The number of hydrogen-bond donors (Lipinski definition) is 4. The predicted molar refractivity (Wildman–Crippen MR) is 215 cm³/mol. The third kappa shape index (κ3) is 15.4. The molecule has 0 aliphatic carbocycles. The van der Waals surface area contributed by atoms with E-state index in [0.29, 0.717) is 11.6 Å². The lowest BCUT2D eigenvalue weighted by atomic mass is 9.84. The van der Waals surface area contributed by atoms with Crippen LogP contribution >= 0.6 is 0 Å². The summed E-state index contributed by atoms with van der Waals surface area (Å²) in [6, 6.07) is 16.2. The fourth-order valence-corrected chi connectivity index (χ4v) is 4.41. The molecule has 0 radical (unpaired) electrons. The highest BCUT2D eigenvalue weighted by molar-refractivity contribution is 5.98. The van der Waals surface area contributed by atoms with Crippen LogP contribution in [0.3, 0.4) is 0 Å². The summed E-state index contributed by atoms with van der Waals surface area (Å²) >= 11 is 0. The predicted octanol–water partition coefficient (Wildman–Crippen LogP) is 8.07. The molecule has 9 heteroatoms. The van der Waals surface area contributed by atoms with E-state index in [1.54, 1.807) is 26.3 Å². The molecule has 0 aromatic heterocycles. The van der Waals surface area contributed by atoms with Crippen LogP contribution in [0.15, 0.2) is 95.5 Å². The van der Waals surface area contributed by atoms with Crippen molar-refractivity contribution in [2.24, 2.45) is 15.7 Å². The van der Waals surface area contributed by atoms with Gasteiger partial charge in [0.1, 0.15) is 23.9 Å². The van der Waals surface area contributed by atoms with Crippen LogP contribution in [0.5, 0.6) is 5.75 Å². The van der Waals surface area contributed by atoms with E-state index in [4.69, 9.17) is 4.74 Å². The number of aliphatic imine (C=N–C) groups is 2. The maximum Gasteiger partial charge on any atom is 0.200 e. The minimum atomic E-state index is -0.429. The van der Waals surface area contributed by atoms with E-state index in [0.717, 1.165) is 40.7 Å².